The number of sulfone groups is 1. The number of nitrogens with zero attached hydrogens (tertiary/aromatic N) is 3. The van der Waals surface area contributed by atoms with E-state index >= 15 is 0 Å². The van der Waals surface area contributed by atoms with Crippen LogP contribution in [-0.2, 0) is 29.2 Å². The van der Waals surface area contributed by atoms with E-state index in [1.807, 2.05) is 24.3 Å². The number of anilines is 2. The molecule has 0 aliphatic carbocycles. The van der Waals surface area contributed by atoms with Gasteiger partial charge >= 0.3 is 0 Å². The smallest absolute Gasteiger partial charge is 0.179 e. The molecular weight excluding hydrogens is 445 g/mol. The zero-order valence-corrected chi connectivity index (χ0v) is 18.7. The van der Waals surface area contributed by atoms with Crippen molar-refractivity contribution in [3.05, 3.63) is 71.8 Å². The van der Waals surface area contributed by atoms with Gasteiger partial charge in [0.25, 0.3) is 0 Å². The van der Waals surface area contributed by atoms with Crippen molar-refractivity contribution in [3.8, 4) is 0 Å². The second-order valence-electron chi connectivity index (χ2n) is 8.10. The van der Waals surface area contributed by atoms with Gasteiger partial charge in [-0.2, -0.15) is 0 Å². The van der Waals surface area contributed by atoms with E-state index in [1.54, 1.807) is 23.4 Å². The van der Waals surface area contributed by atoms with Gasteiger partial charge in [-0.05, 0) is 35.9 Å². The third-order valence-electron chi connectivity index (χ3n) is 5.81. The zero-order valence-electron chi connectivity index (χ0n) is 17.9. The fourth-order valence-corrected chi connectivity index (χ4v) is 5.19. The number of benzene rings is 1. The van der Waals surface area contributed by atoms with Gasteiger partial charge in [0.2, 0.25) is 0 Å². The van der Waals surface area contributed by atoms with Crippen LogP contribution in [0.2, 0.25) is 0 Å². The summed E-state index contributed by atoms with van der Waals surface area (Å²) in [6, 6.07) is 10.7. The number of pyridine rings is 1. The Morgan fingerprint density at radius 3 is 2.76 bits per heavy atom. The van der Waals surface area contributed by atoms with Crippen LogP contribution >= 0.6 is 0 Å². The lowest BCUT2D eigenvalue weighted by atomic mass is 10.1. The van der Waals surface area contributed by atoms with E-state index in [-0.39, 0.29) is 17.3 Å². The van der Waals surface area contributed by atoms with Gasteiger partial charge in [0, 0.05) is 38.7 Å². The highest BCUT2D eigenvalue weighted by molar-refractivity contribution is 7.91. The highest BCUT2D eigenvalue weighted by Crippen LogP contribution is 2.24. The van der Waals surface area contributed by atoms with E-state index in [4.69, 9.17) is 4.42 Å². The maximum Gasteiger partial charge on any atom is 0.179 e. The quantitative estimate of drug-likeness (QED) is 0.428. The SMILES string of the molecule is O=S1(=O)CCN(c2ccc(CNc3ccnc4nc(CCc5ccco5)[nH]c34)cc2F)CC1. The Hall–Kier alpha value is -3.40. The molecule has 1 aliphatic heterocycles. The molecule has 8 nitrogen and oxygen atoms in total. The number of hydrogen-bond acceptors (Lipinski definition) is 7. The molecule has 2 N–H and O–H groups in total. The maximum absolute atomic E-state index is 14.8. The number of aromatic amines is 1. The summed E-state index contributed by atoms with van der Waals surface area (Å²) in [7, 11) is -3.01. The summed E-state index contributed by atoms with van der Waals surface area (Å²) in [6.07, 6.45) is 4.79. The van der Waals surface area contributed by atoms with Crippen molar-refractivity contribution in [1.82, 2.24) is 15.0 Å². The predicted molar refractivity (Wildman–Crippen MR) is 125 cm³/mol. The second kappa shape index (κ2) is 8.86. The molecular formula is C23H24FN5O3S. The maximum atomic E-state index is 14.8. The highest BCUT2D eigenvalue weighted by Gasteiger charge is 2.23. The molecule has 172 valence electrons. The molecule has 0 amide bonds. The first-order chi connectivity index (χ1) is 16.0. The van der Waals surface area contributed by atoms with Crippen molar-refractivity contribution >= 4 is 32.4 Å². The fraction of sp³-hybridized carbons (Fsp3) is 0.304. The number of rotatable bonds is 7. The van der Waals surface area contributed by atoms with Crippen LogP contribution in [0.4, 0.5) is 15.8 Å². The number of aryl methyl sites for hydroxylation is 2. The number of furan rings is 1. The summed E-state index contributed by atoms with van der Waals surface area (Å²) in [5.74, 6) is 1.49. The monoisotopic (exact) mass is 469 g/mol. The minimum atomic E-state index is -3.01. The molecule has 10 heteroatoms. The topological polar surface area (TPSA) is 104 Å². The molecule has 0 saturated carbocycles. The summed E-state index contributed by atoms with van der Waals surface area (Å²) < 4.78 is 43.4. The van der Waals surface area contributed by atoms with Crippen LogP contribution in [0.1, 0.15) is 17.1 Å². The zero-order chi connectivity index (χ0) is 22.8. The second-order valence-corrected chi connectivity index (χ2v) is 10.4. The Kier molecular flexibility index (Phi) is 5.76. The molecule has 0 spiro atoms. The van der Waals surface area contributed by atoms with E-state index in [1.165, 1.54) is 6.07 Å². The third-order valence-corrected chi connectivity index (χ3v) is 7.42. The van der Waals surface area contributed by atoms with Gasteiger partial charge in [0.1, 0.15) is 22.9 Å². The lowest BCUT2D eigenvalue weighted by Crippen LogP contribution is -2.40. The molecule has 1 fully saturated rings. The Morgan fingerprint density at radius 2 is 2.00 bits per heavy atom. The van der Waals surface area contributed by atoms with Gasteiger partial charge in [-0.25, -0.2) is 22.8 Å². The van der Waals surface area contributed by atoms with Crippen molar-refractivity contribution in [2.75, 3.05) is 34.8 Å². The molecule has 1 saturated heterocycles. The summed E-state index contributed by atoms with van der Waals surface area (Å²) >= 11 is 0. The molecule has 3 aromatic heterocycles. The molecule has 0 unspecified atom stereocenters. The highest BCUT2D eigenvalue weighted by atomic mass is 32.2. The third kappa shape index (κ3) is 4.85. The molecule has 1 aromatic carbocycles. The number of fused-ring (bicyclic) bond motifs is 1. The minimum Gasteiger partial charge on any atom is -0.469 e. The van der Waals surface area contributed by atoms with Gasteiger partial charge < -0.3 is 19.6 Å². The van der Waals surface area contributed by atoms with Crippen LogP contribution < -0.4 is 10.2 Å². The summed E-state index contributed by atoms with van der Waals surface area (Å²) in [6.45, 7) is 1.05. The van der Waals surface area contributed by atoms with Gasteiger partial charge in [0.05, 0.1) is 29.1 Å². The lowest BCUT2D eigenvalue weighted by Gasteiger charge is -2.29. The van der Waals surface area contributed by atoms with E-state index in [0.717, 1.165) is 34.8 Å². The standard InChI is InChI=1S/C23H24FN5O3S/c24-18-14-16(3-5-20(18)29-9-12-33(30,31)13-10-29)15-26-19-7-8-25-23-22(19)27-21(28-23)6-4-17-2-1-11-32-17/h1-3,5,7-8,11,14H,4,6,9-10,12-13,15H2,(H2,25,26,27,28). The largest absolute Gasteiger partial charge is 0.469 e. The molecule has 4 heterocycles. The van der Waals surface area contributed by atoms with Crippen molar-refractivity contribution < 1.29 is 17.2 Å². The molecule has 4 aromatic rings. The molecule has 33 heavy (non-hydrogen) atoms. The van der Waals surface area contributed by atoms with Gasteiger partial charge in [0.15, 0.2) is 15.5 Å². The number of imidazole rings is 1. The first-order valence-electron chi connectivity index (χ1n) is 10.8. The number of nitrogens with one attached hydrogen (secondary N) is 2. The van der Waals surface area contributed by atoms with Gasteiger partial charge in [-0.3, -0.25) is 0 Å². The van der Waals surface area contributed by atoms with Crippen LogP contribution in [0.5, 0.6) is 0 Å². The van der Waals surface area contributed by atoms with Crippen molar-refractivity contribution in [2.45, 2.75) is 19.4 Å². The Bertz CT molecular complexity index is 1350. The van der Waals surface area contributed by atoms with E-state index in [9.17, 15) is 12.8 Å². The molecule has 0 radical (unpaired) electrons. The first-order valence-corrected chi connectivity index (χ1v) is 12.6. The number of H-pyrrole nitrogens is 1. The van der Waals surface area contributed by atoms with Crippen LogP contribution in [0.3, 0.4) is 0 Å². The van der Waals surface area contributed by atoms with Crippen LogP contribution in [0.15, 0.2) is 53.3 Å². The van der Waals surface area contributed by atoms with Gasteiger partial charge in [-0.1, -0.05) is 6.07 Å². The van der Waals surface area contributed by atoms with E-state index in [0.29, 0.717) is 37.4 Å². The number of hydrogen-bond donors (Lipinski definition) is 2. The van der Waals surface area contributed by atoms with E-state index < -0.39 is 9.84 Å². The molecule has 5 rings (SSSR count). The molecule has 0 atom stereocenters. The minimum absolute atomic E-state index is 0.0570. The summed E-state index contributed by atoms with van der Waals surface area (Å²) in [5.41, 5.74) is 3.48. The number of aromatic nitrogens is 3. The van der Waals surface area contributed by atoms with Crippen LogP contribution in [0, 0.1) is 5.82 Å². The first kappa shape index (κ1) is 21.4. The average Bonchev–Trinajstić information content (AvgIpc) is 3.46. The predicted octanol–water partition coefficient (Wildman–Crippen LogP) is 3.32. The van der Waals surface area contributed by atoms with E-state index in [2.05, 4.69) is 20.3 Å². The van der Waals surface area contributed by atoms with Crippen LogP contribution in [0.25, 0.3) is 11.2 Å². The molecule has 1 aliphatic rings. The van der Waals surface area contributed by atoms with Crippen molar-refractivity contribution in [2.24, 2.45) is 0 Å². The summed E-state index contributed by atoms with van der Waals surface area (Å²) in [5, 5.41) is 3.33. The molecule has 0 bridgehead atoms. The Balaban J connectivity index is 1.26. The van der Waals surface area contributed by atoms with Crippen molar-refractivity contribution in [3.63, 3.8) is 0 Å². The Labute approximate surface area is 190 Å². The van der Waals surface area contributed by atoms with Crippen LogP contribution in [-0.4, -0.2) is 48.0 Å². The fourth-order valence-electron chi connectivity index (χ4n) is 3.99. The normalized spacial score (nSPS) is 15.7. The average molecular weight is 470 g/mol. The summed E-state index contributed by atoms with van der Waals surface area (Å²) in [4.78, 5) is 14.0. The van der Waals surface area contributed by atoms with Crippen molar-refractivity contribution in [1.29, 1.82) is 0 Å². The van der Waals surface area contributed by atoms with Gasteiger partial charge in [-0.15, -0.1) is 0 Å². The Morgan fingerprint density at radius 1 is 1.15 bits per heavy atom. The number of halogens is 1. The lowest BCUT2D eigenvalue weighted by molar-refractivity contribution is 0.507.